The zero-order valence-corrected chi connectivity index (χ0v) is 12.1. The van der Waals surface area contributed by atoms with E-state index in [1.807, 2.05) is 20.9 Å². The fraction of sp³-hybridized carbons (Fsp3) is 0.571. The lowest BCUT2D eigenvalue weighted by Crippen LogP contribution is -2.39. The van der Waals surface area contributed by atoms with Crippen molar-refractivity contribution in [2.75, 3.05) is 31.6 Å². The molecule has 1 N–H and O–H groups in total. The molecule has 0 unspecified atom stereocenters. The summed E-state index contributed by atoms with van der Waals surface area (Å²) in [5.74, 6) is 0.774. The van der Waals surface area contributed by atoms with Crippen LogP contribution in [0.3, 0.4) is 0 Å². The second-order valence-electron chi connectivity index (χ2n) is 4.55. The molecule has 0 radical (unpaired) electrons. The van der Waals surface area contributed by atoms with Crippen LogP contribution in [0.5, 0.6) is 0 Å². The van der Waals surface area contributed by atoms with Crippen LogP contribution in [-0.4, -0.2) is 47.6 Å². The lowest BCUT2D eigenvalue weighted by atomic mass is 10.2. The summed E-state index contributed by atoms with van der Waals surface area (Å²) in [7, 11) is 1.83. The number of aliphatic hydroxyl groups is 1. The minimum absolute atomic E-state index is 0.0803. The summed E-state index contributed by atoms with van der Waals surface area (Å²) in [4.78, 5) is 19.8. The van der Waals surface area contributed by atoms with Crippen molar-refractivity contribution >= 4 is 11.7 Å². The van der Waals surface area contributed by atoms with Gasteiger partial charge in [-0.15, -0.1) is 0 Å². The molecule has 19 heavy (non-hydrogen) atoms. The van der Waals surface area contributed by atoms with Gasteiger partial charge in [0.05, 0.1) is 12.6 Å². The van der Waals surface area contributed by atoms with Gasteiger partial charge in [0.15, 0.2) is 0 Å². The predicted octanol–water partition coefficient (Wildman–Crippen LogP) is 1.44. The number of aliphatic hydroxyl groups excluding tert-OH is 1. The second kappa shape index (κ2) is 7.09. The number of pyridine rings is 1. The molecule has 1 atom stereocenters. The van der Waals surface area contributed by atoms with Crippen molar-refractivity contribution in [1.29, 1.82) is 0 Å². The Morgan fingerprint density at radius 3 is 2.58 bits per heavy atom. The molecular weight excluding hydrogens is 242 g/mol. The minimum atomic E-state index is -0.534. The van der Waals surface area contributed by atoms with E-state index in [4.69, 9.17) is 0 Å². The third-order valence-corrected chi connectivity index (χ3v) is 3.13. The molecule has 0 aliphatic carbocycles. The number of likely N-dealkylation sites (N-methyl/N-ethyl adjacent to an activating group) is 2. The first-order valence-corrected chi connectivity index (χ1v) is 6.62. The fourth-order valence-corrected chi connectivity index (χ4v) is 1.86. The van der Waals surface area contributed by atoms with E-state index in [-0.39, 0.29) is 12.5 Å². The van der Waals surface area contributed by atoms with Crippen molar-refractivity contribution in [2.45, 2.75) is 26.9 Å². The number of carbonyl (C=O) groups excluding carboxylic acids is 1. The van der Waals surface area contributed by atoms with Crippen molar-refractivity contribution in [3.05, 3.63) is 23.9 Å². The quantitative estimate of drug-likeness (QED) is 0.845. The summed E-state index contributed by atoms with van der Waals surface area (Å²) >= 11 is 0. The Kier molecular flexibility index (Phi) is 5.76. The maximum Gasteiger partial charge on any atom is 0.242 e. The van der Waals surface area contributed by atoms with Gasteiger partial charge in [0.25, 0.3) is 0 Å². The first-order valence-electron chi connectivity index (χ1n) is 6.62. The van der Waals surface area contributed by atoms with Crippen molar-refractivity contribution in [3.63, 3.8) is 0 Å². The summed E-state index contributed by atoms with van der Waals surface area (Å²) < 4.78 is 0. The average molecular weight is 265 g/mol. The lowest BCUT2D eigenvalue weighted by Gasteiger charge is -2.24. The third kappa shape index (κ3) is 4.21. The molecule has 0 saturated heterocycles. The zero-order valence-electron chi connectivity index (χ0n) is 12.1. The molecule has 0 saturated carbocycles. The summed E-state index contributed by atoms with van der Waals surface area (Å²) in [6, 6.07) is 3.58. The largest absolute Gasteiger partial charge is 0.389 e. The molecule has 0 fully saturated rings. The van der Waals surface area contributed by atoms with Gasteiger partial charge in [-0.05, 0) is 38.5 Å². The Morgan fingerprint density at radius 2 is 2.05 bits per heavy atom. The van der Waals surface area contributed by atoms with E-state index in [1.54, 1.807) is 35.1 Å². The van der Waals surface area contributed by atoms with Gasteiger partial charge in [-0.1, -0.05) is 0 Å². The topological polar surface area (TPSA) is 56.7 Å². The van der Waals surface area contributed by atoms with E-state index in [1.165, 1.54) is 0 Å². The van der Waals surface area contributed by atoms with Gasteiger partial charge < -0.3 is 14.9 Å². The zero-order chi connectivity index (χ0) is 14.4. The van der Waals surface area contributed by atoms with Gasteiger partial charge in [-0.3, -0.25) is 4.79 Å². The summed E-state index contributed by atoms with van der Waals surface area (Å²) in [5, 5.41) is 9.55. The molecule has 0 spiro atoms. The molecule has 0 aromatic carbocycles. The van der Waals surface area contributed by atoms with E-state index in [9.17, 15) is 9.90 Å². The molecule has 1 aromatic rings. The van der Waals surface area contributed by atoms with E-state index in [2.05, 4.69) is 4.98 Å². The van der Waals surface area contributed by atoms with Crippen molar-refractivity contribution in [1.82, 2.24) is 9.88 Å². The van der Waals surface area contributed by atoms with Gasteiger partial charge in [0.2, 0.25) is 5.91 Å². The highest BCUT2D eigenvalue weighted by Gasteiger charge is 2.14. The van der Waals surface area contributed by atoms with Crippen molar-refractivity contribution < 1.29 is 9.90 Å². The molecule has 0 bridgehead atoms. The van der Waals surface area contributed by atoms with Crippen molar-refractivity contribution in [2.24, 2.45) is 0 Å². The predicted molar refractivity (Wildman–Crippen MR) is 76.1 cm³/mol. The molecule has 106 valence electrons. The maximum atomic E-state index is 12.0. The highest BCUT2D eigenvalue weighted by molar-refractivity contribution is 5.81. The molecule has 5 heteroatoms. The number of anilines is 1. The number of hydrogen-bond acceptors (Lipinski definition) is 4. The molecule has 0 aliphatic heterocycles. The Labute approximate surface area is 114 Å². The number of carbonyl (C=O) groups is 1. The summed E-state index contributed by atoms with van der Waals surface area (Å²) in [5.41, 5.74) is 0.798. The highest BCUT2D eigenvalue weighted by Crippen LogP contribution is 2.16. The normalized spacial score (nSPS) is 12.1. The van der Waals surface area contributed by atoms with Crippen LogP contribution in [0.25, 0.3) is 0 Å². The van der Waals surface area contributed by atoms with Crippen LogP contribution in [0.15, 0.2) is 18.3 Å². The van der Waals surface area contributed by atoms with Crippen LogP contribution in [-0.2, 0) is 4.79 Å². The maximum absolute atomic E-state index is 12.0. The Bertz CT molecular complexity index is 417. The highest BCUT2D eigenvalue weighted by atomic mass is 16.3. The SMILES string of the molecule is CCN(CC)C(=O)CN(C)c1cc([C@@H](C)O)ccn1. The van der Waals surface area contributed by atoms with Crippen LogP contribution < -0.4 is 4.90 Å². The monoisotopic (exact) mass is 265 g/mol. The third-order valence-electron chi connectivity index (χ3n) is 3.13. The molecule has 1 aromatic heterocycles. The molecule has 1 heterocycles. The number of amides is 1. The second-order valence-corrected chi connectivity index (χ2v) is 4.55. The molecular formula is C14H23N3O2. The van der Waals surface area contributed by atoms with Gasteiger partial charge in [0, 0.05) is 26.3 Å². The first kappa shape index (κ1) is 15.4. The van der Waals surface area contributed by atoms with E-state index in [0.29, 0.717) is 18.9 Å². The number of aromatic nitrogens is 1. The van der Waals surface area contributed by atoms with Gasteiger partial charge in [-0.2, -0.15) is 0 Å². The lowest BCUT2D eigenvalue weighted by molar-refractivity contribution is -0.129. The van der Waals surface area contributed by atoms with Crippen molar-refractivity contribution in [3.8, 4) is 0 Å². The number of nitrogens with zero attached hydrogens (tertiary/aromatic N) is 3. The van der Waals surface area contributed by atoms with Gasteiger partial charge in [-0.25, -0.2) is 4.98 Å². The summed E-state index contributed by atoms with van der Waals surface area (Å²) in [6.45, 7) is 7.36. The smallest absolute Gasteiger partial charge is 0.242 e. The van der Waals surface area contributed by atoms with E-state index >= 15 is 0 Å². The molecule has 1 amide bonds. The number of hydrogen-bond donors (Lipinski definition) is 1. The molecule has 1 rings (SSSR count). The van der Waals surface area contributed by atoms with Crippen LogP contribution >= 0.6 is 0 Å². The fourth-order valence-electron chi connectivity index (χ4n) is 1.86. The molecule has 0 aliphatic rings. The number of rotatable bonds is 6. The average Bonchev–Trinajstić information content (AvgIpc) is 2.40. The van der Waals surface area contributed by atoms with Crippen LogP contribution in [0.4, 0.5) is 5.82 Å². The van der Waals surface area contributed by atoms with E-state index < -0.39 is 6.10 Å². The summed E-state index contributed by atoms with van der Waals surface area (Å²) in [6.07, 6.45) is 1.11. The Morgan fingerprint density at radius 1 is 1.42 bits per heavy atom. The Balaban J connectivity index is 2.75. The van der Waals surface area contributed by atoms with Crippen LogP contribution in [0.2, 0.25) is 0 Å². The Hall–Kier alpha value is -1.62. The van der Waals surface area contributed by atoms with E-state index in [0.717, 1.165) is 5.56 Å². The van der Waals surface area contributed by atoms with Crippen LogP contribution in [0.1, 0.15) is 32.4 Å². The van der Waals surface area contributed by atoms with Crippen LogP contribution in [0, 0.1) is 0 Å². The minimum Gasteiger partial charge on any atom is -0.389 e. The van der Waals surface area contributed by atoms with Gasteiger partial charge in [0.1, 0.15) is 5.82 Å². The standard InChI is InChI=1S/C14H23N3O2/c1-5-17(6-2)14(19)10-16(4)13-9-12(11(3)18)7-8-15-13/h7-9,11,18H,5-6,10H2,1-4H3/t11-/m1/s1. The van der Waals surface area contributed by atoms with Gasteiger partial charge >= 0.3 is 0 Å². The first-order chi connectivity index (χ1) is 8.99. The molecule has 5 nitrogen and oxygen atoms in total.